The molecule has 0 amide bonds. The van der Waals surface area contributed by atoms with Gasteiger partial charge in [0.15, 0.2) is 0 Å². The Kier molecular flexibility index (Phi) is 2.95. The largest absolute Gasteiger partial charge is 0.465 e. The van der Waals surface area contributed by atoms with Crippen molar-refractivity contribution in [3.05, 3.63) is 45.2 Å². The summed E-state index contributed by atoms with van der Waals surface area (Å²) in [6.07, 6.45) is 0. The summed E-state index contributed by atoms with van der Waals surface area (Å²) in [5.41, 5.74) is 2.33. The van der Waals surface area contributed by atoms with Crippen molar-refractivity contribution in [2.75, 3.05) is 7.11 Å². The molecule has 18 heavy (non-hydrogen) atoms. The molecular formula is C14H15NO3. The van der Waals surface area contributed by atoms with Crippen LogP contribution in [-0.4, -0.2) is 17.6 Å². The molecule has 2 rings (SSSR count). The van der Waals surface area contributed by atoms with Crippen molar-refractivity contribution in [1.29, 1.82) is 0 Å². The zero-order valence-electron chi connectivity index (χ0n) is 10.9. The SMILES string of the molecule is COC(=O)c1c(C)c2c(C)cccc2n(C)c1=O. The third kappa shape index (κ3) is 1.61. The van der Waals surface area contributed by atoms with Gasteiger partial charge in [-0.15, -0.1) is 0 Å². The van der Waals surface area contributed by atoms with Crippen molar-refractivity contribution in [3.8, 4) is 0 Å². The van der Waals surface area contributed by atoms with Crippen molar-refractivity contribution in [2.45, 2.75) is 13.8 Å². The second-order valence-corrected chi connectivity index (χ2v) is 4.32. The number of carbonyl (C=O) groups is 1. The summed E-state index contributed by atoms with van der Waals surface area (Å²) in [6, 6.07) is 5.73. The molecule has 0 atom stereocenters. The molecule has 0 N–H and O–H groups in total. The van der Waals surface area contributed by atoms with Gasteiger partial charge in [0.25, 0.3) is 5.56 Å². The van der Waals surface area contributed by atoms with E-state index in [0.717, 1.165) is 16.5 Å². The average molecular weight is 245 g/mol. The zero-order chi connectivity index (χ0) is 13.4. The number of hydrogen-bond acceptors (Lipinski definition) is 3. The van der Waals surface area contributed by atoms with Gasteiger partial charge in [-0.3, -0.25) is 4.79 Å². The van der Waals surface area contributed by atoms with E-state index in [1.165, 1.54) is 11.7 Å². The highest BCUT2D eigenvalue weighted by Crippen LogP contribution is 2.22. The highest BCUT2D eigenvalue weighted by molar-refractivity contribution is 5.98. The third-order valence-electron chi connectivity index (χ3n) is 3.27. The first-order chi connectivity index (χ1) is 8.49. The smallest absolute Gasteiger partial charge is 0.343 e. The average Bonchev–Trinajstić information content (AvgIpc) is 2.35. The van der Waals surface area contributed by atoms with Gasteiger partial charge in [0.05, 0.1) is 12.6 Å². The van der Waals surface area contributed by atoms with E-state index < -0.39 is 5.97 Å². The molecule has 0 saturated carbocycles. The molecule has 0 aliphatic carbocycles. The van der Waals surface area contributed by atoms with Crippen molar-refractivity contribution in [3.63, 3.8) is 0 Å². The van der Waals surface area contributed by atoms with Crippen molar-refractivity contribution in [1.82, 2.24) is 4.57 Å². The maximum Gasteiger partial charge on any atom is 0.343 e. The third-order valence-corrected chi connectivity index (χ3v) is 3.27. The van der Waals surface area contributed by atoms with Gasteiger partial charge in [-0.2, -0.15) is 0 Å². The summed E-state index contributed by atoms with van der Waals surface area (Å²) in [7, 11) is 2.94. The van der Waals surface area contributed by atoms with Gasteiger partial charge in [0.2, 0.25) is 0 Å². The van der Waals surface area contributed by atoms with Crippen LogP contribution in [0.2, 0.25) is 0 Å². The van der Waals surface area contributed by atoms with Crippen LogP contribution in [0.15, 0.2) is 23.0 Å². The lowest BCUT2D eigenvalue weighted by Crippen LogP contribution is -2.27. The molecule has 0 fully saturated rings. The second-order valence-electron chi connectivity index (χ2n) is 4.32. The molecule has 4 nitrogen and oxygen atoms in total. The highest BCUT2D eigenvalue weighted by Gasteiger charge is 2.19. The monoisotopic (exact) mass is 245 g/mol. The lowest BCUT2D eigenvalue weighted by molar-refractivity contribution is 0.0597. The van der Waals surface area contributed by atoms with Gasteiger partial charge in [-0.25, -0.2) is 4.79 Å². The summed E-state index contributed by atoms with van der Waals surface area (Å²) in [6.45, 7) is 3.74. The number of pyridine rings is 1. The Balaban J connectivity index is 3.04. The van der Waals surface area contributed by atoms with Gasteiger partial charge >= 0.3 is 5.97 Å². The van der Waals surface area contributed by atoms with Crippen LogP contribution in [0.25, 0.3) is 10.9 Å². The van der Waals surface area contributed by atoms with Crippen LogP contribution >= 0.6 is 0 Å². The number of nitrogens with zero attached hydrogens (tertiary/aromatic N) is 1. The summed E-state index contributed by atoms with van der Waals surface area (Å²) in [5, 5.41) is 0.931. The minimum Gasteiger partial charge on any atom is -0.465 e. The summed E-state index contributed by atoms with van der Waals surface area (Å²) in [4.78, 5) is 23.9. The van der Waals surface area contributed by atoms with Crippen LogP contribution in [0.3, 0.4) is 0 Å². The number of hydrogen-bond donors (Lipinski definition) is 0. The maximum atomic E-state index is 12.2. The van der Waals surface area contributed by atoms with Gasteiger partial charge in [-0.1, -0.05) is 12.1 Å². The number of benzene rings is 1. The molecule has 0 spiro atoms. The summed E-state index contributed by atoms with van der Waals surface area (Å²) < 4.78 is 6.18. The molecule has 0 radical (unpaired) electrons. The van der Waals surface area contributed by atoms with Crippen LogP contribution in [0.4, 0.5) is 0 Å². The molecule has 1 aromatic heterocycles. The van der Waals surface area contributed by atoms with E-state index in [4.69, 9.17) is 0 Å². The lowest BCUT2D eigenvalue weighted by atomic mass is 10.0. The van der Waals surface area contributed by atoms with Crippen LogP contribution < -0.4 is 5.56 Å². The molecule has 0 bridgehead atoms. The number of aromatic nitrogens is 1. The molecule has 2 aromatic rings. The Morgan fingerprint density at radius 2 is 1.94 bits per heavy atom. The summed E-state index contributed by atoms with van der Waals surface area (Å²) >= 11 is 0. The van der Waals surface area contributed by atoms with E-state index in [1.54, 1.807) is 14.0 Å². The second kappa shape index (κ2) is 4.29. The van der Waals surface area contributed by atoms with E-state index >= 15 is 0 Å². The van der Waals surface area contributed by atoms with Crippen LogP contribution in [0.1, 0.15) is 21.5 Å². The Morgan fingerprint density at radius 1 is 1.28 bits per heavy atom. The first-order valence-corrected chi connectivity index (χ1v) is 5.66. The topological polar surface area (TPSA) is 48.3 Å². The molecule has 94 valence electrons. The Bertz CT molecular complexity index is 698. The van der Waals surface area contributed by atoms with E-state index in [9.17, 15) is 9.59 Å². The molecule has 0 aliphatic heterocycles. The highest BCUT2D eigenvalue weighted by atomic mass is 16.5. The molecule has 0 aliphatic rings. The van der Waals surface area contributed by atoms with Crippen molar-refractivity contribution in [2.24, 2.45) is 7.05 Å². The molecule has 1 heterocycles. The number of rotatable bonds is 1. The fraction of sp³-hybridized carbons (Fsp3) is 0.286. The number of carbonyl (C=O) groups excluding carboxylic acids is 1. The van der Waals surface area contributed by atoms with Crippen LogP contribution in [0, 0.1) is 13.8 Å². The van der Waals surface area contributed by atoms with Crippen molar-refractivity contribution < 1.29 is 9.53 Å². The van der Waals surface area contributed by atoms with Crippen LogP contribution in [-0.2, 0) is 11.8 Å². The number of methoxy groups -OCH3 is 1. The fourth-order valence-corrected chi connectivity index (χ4v) is 2.32. The van der Waals surface area contributed by atoms with Gasteiger partial charge in [0, 0.05) is 12.4 Å². The Hall–Kier alpha value is -2.10. The van der Waals surface area contributed by atoms with E-state index in [2.05, 4.69) is 4.74 Å². The predicted molar refractivity (Wildman–Crippen MR) is 70.0 cm³/mol. The number of fused-ring (bicyclic) bond motifs is 1. The van der Waals surface area contributed by atoms with Gasteiger partial charge in [-0.05, 0) is 31.0 Å². The van der Waals surface area contributed by atoms with Crippen LogP contribution in [0.5, 0.6) is 0 Å². The molecule has 1 aromatic carbocycles. The van der Waals surface area contributed by atoms with Gasteiger partial charge in [0.1, 0.15) is 5.56 Å². The number of aryl methyl sites for hydroxylation is 3. The zero-order valence-corrected chi connectivity index (χ0v) is 10.9. The minimum absolute atomic E-state index is 0.113. The summed E-state index contributed by atoms with van der Waals surface area (Å²) in [5.74, 6) is -0.585. The molecule has 4 heteroatoms. The number of esters is 1. The normalized spacial score (nSPS) is 10.7. The first kappa shape index (κ1) is 12.4. The first-order valence-electron chi connectivity index (χ1n) is 5.66. The Labute approximate surface area is 105 Å². The quantitative estimate of drug-likeness (QED) is 0.721. The Morgan fingerprint density at radius 3 is 2.56 bits per heavy atom. The van der Waals surface area contributed by atoms with E-state index in [-0.39, 0.29) is 11.1 Å². The lowest BCUT2D eigenvalue weighted by Gasteiger charge is -2.13. The maximum absolute atomic E-state index is 12.2. The molecular weight excluding hydrogens is 230 g/mol. The minimum atomic E-state index is -0.585. The van der Waals surface area contributed by atoms with E-state index in [1.807, 2.05) is 25.1 Å². The molecule has 0 unspecified atom stereocenters. The molecule has 0 saturated heterocycles. The van der Waals surface area contributed by atoms with Crippen molar-refractivity contribution >= 4 is 16.9 Å². The predicted octanol–water partition coefficient (Wildman–Crippen LogP) is 1.94. The van der Waals surface area contributed by atoms with Gasteiger partial charge < -0.3 is 9.30 Å². The number of ether oxygens (including phenoxy) is 1. The fourth-order valence-electron chi connectivity index (χ4n) is 2.32. The van der Waals surface area contributed by atoms with E-state index in [0.29, 0.717) is 5.56 Å². The standard InChI is InChI=1S/C14H15NO3/c1-8-6-5-7-10-11(8)9(2)12(14(17)18-4)13(16)15(10)3/h5-7H,1-4H3.